The molecule has 0 spiro atoms. The first-order chi connectivity index (χ1) is 7.72. The summed E-state index contributed by atoms with van der Waals surface area (Å²) < 4.78 is 2.23. The maximum atomic E-state index is 12.1. The molecule has 0 saturated heterocycles. The molecular weight excluding hydrogens is 202 g/mol. The summed E-state index contributed by atoms with van der Waals surface area (Å²) in [6.45, 7) is 1.02. The number of hydrogen-bond acceptors (Lipinski definition) is 2. The van der Waals surface area contributed by atoms with Crippen molar-refractivity contribution in [3.05, 3.63) is 23.0 Å². The largest absolute Gasteiger partial charge is 0.357 e. The number of carbonyl (C=O) groups excluding carboxylic acids is 1. The quantitative estimate of drug-likeness (QED) is 0.636. The van der Waals surface area contributed by atoms with Gasteiger partial charge in [0, 0.05) is 19.7 Å². The van der Waals surface area contributed by atoms with Gasteiger partial charge in [-0.15, -0.1) is 0 Å². The molecule has 4 heteroatoms. The molecule has 1 aliphatic carbocycles. The van der Waals surface area contributed by atoms with Crippen molar-refractivity contribution in [3.8, 4) is 0 Å². The van der Waals surface area contributed by atoms with E-state index in [2.05, 4.69) is 21.6 Å². The molecule has 1 aromatic rings. The van der Waals surface area contributed by atoms with Crippen molar-refractivity contribution in [2.45, 2.75) is 12.8 Å². The number of rotatable bonds is 0. The second kappa shape index (κ2) is 3.14. The van der Waals surface area contributed by atoms with Crippen LogP contribution in [-0.2, 0) is 6.42 Å². The molecule has 0 saturated carbocycles. The standard InChI is InChI=1S/C12H13N3O/c1-13-8-5-9-10-7(3-4-15(9)2)6-14-11(10)12(8)16/h6H,3-5H2,1-2H3/p+1. The first-order valence-corrected chi connectivity index (χ1v) is 5.50. The average molecular weight is 216 g/mol. The van der Waals surface area contributed by atoms with E-state index in [1.54, 1.807) is 7.05 Å². The van der Waals surface area contributed by atoms with E-state index in [0.29, 0.717) is 12.1 Å². The van der Waals surface area contributed by atoms with Crippen LogP contribution >= 0.6 is 0 Å². The van der Waals surface area contributed by atoms with Gasteiger partial charge in [0.2, 0.25) is 5.78 Å². The first-order valence-electron chi connectivity index (χ1n) is 5.50. The lowest BCUT2D eigenvalue weighted by atomic mass is 9.87. The van der Waals surface area contributed by atoms with Crippen LogP contribution in [0.5, 0.6) is 0 Å². The minimum Gasteiger partial charge on any atom is -0.357 e. The predicted octanol–water partition coefficient (Wildman–Crippen LogP) is 0.659. The SMILES string of the molecule is CN=C1CC2=[N+](C)CCc3c[nH]c(c32)C1=O. The van der Waals surface area contributed by atoms with Crippen LogP contribution in [0.2, 0.25) is 0 Å². The van der Waals surface area contributed by atoms with Crippen molar-refractivity contribution in [1.82, 2.24) is 4.98 Å². The van der Waals surface area contributed by atoms with Gasteiger partial charge in [0.25, 0.3) is 0 Å². The van der Waals surface area contributed by atoms with Gasteiger partial charge in [-0.2, -0.15) is 0 Å². The highest BCUT2D eigenvalue weighted by Crippen LogP contribution is 2.26. The van der Waals surface area contributed by atoms with Crippen molar-refractivity contribution in [1.29, 1.82) is 0 Å². The van der Waals surface area contributed by atoms with Gasteiger partial charge in [-0.05, 0) is 5.56 Å². The van der Waals surface area contributed by atoms with Gasteiger partial charge in [0.15, 0.2) is 5.71 Å². The number of nitrogens with one attached hydrogen (secondary N) is 1. The van der Waals surface area contributed by atoms with Crippen molar-refractivity contribution < 1.29 is 9.37 Å². The highest BCUT2D eigenvalue weighted by molar-refractivity contribution is 6.52. The van der Waals surface area contributed by atoms with Crippen molar-refractivity contribution in [2.75, 3.05) is 20.6 Å². The fourth-order valence-corrected chi connectivity index (χ4v) is 2.57. The summed E-state index contributed by atoms with van der Waals surface area (Å²) in [5.41, 5.74) is 5.02. The Morgan fingerprint density at radius 3 is 3.06 bits per heavy atom. The fourth-order valence-electron chi connectivity index (χ4n) is 2.57. The Bertz CT molecular complexity index is 549. The van der Waals surface area contributed by atoms with Gasteiger partial charge in [-0.1, -0.05) is 0 Å². The highest BCUT2D eigenvalue weighted by Gasteiger charge is 2.37. The Kier molecular flexibility index (Phi) is 1.87. The van der Waals surface area contributed by atoms with Gasteiger partial charge in [0.1, 0.15) is 19.3 Å². The zero-order valence-electron chi connectivity index (χ0n) is 9.50. The molecule has 0 radical (unpaired) electrons. The molecule has 2 heterocycles. The van der Waals surface area contributed by atoms with E-state index < -0.39 is 0 Å². The van der Waals surface area contributed by atoms with Crippen LogP contribution < -0.4 is 0 Å². The van der Waals surface area contributed by atoms with Crippen LogP contribution in [0.25, 0.3) is 0 Å². The number of likely N-dealkylation sites (N-methyl/N-ethyl adjacent to an activating group) is 1. The molecular formula is C12H14N3O+. The summed E-state index contributed by atoms with van der Waals surface area (Å²) in [6, 6.07) is 0. The zero-order valence-corrected chi connectivity index (χ0v) is 9.50. The second-order valence-electron chi connectivity index (χ2n) is 4.36. The molecule has 0 amide bonds. The molecule has 4 nitrogen and oxygen atoms in total. The number of carbonyl (C=O) groups is 1. The van der Waals surface area contributed by atoms with Crippen LogP contribution in [0.4, 0.5) is 0 Å². The monoisotopic (exact) mass is 216 g/mol. The summed E-state index contributed by atoms with van der Waals surface area (Å²) in [5, 5.41) is 0. The number of nitrogens with zero attached hydrogens (tertiary/aromatic N) is 2. The van der Waals surface area contributed by atoms with E-state index in [4.69, 9.17) is 0 Å². The third-order valence-corrected chi connectivity index (χ3v) is 3.52. The summed E-state index contributed by atoms with van der Waals surface area (Å²) in [4.78, 5) is 19.3. The molecule has 0 bridgehead atoms. The third kappa shape index (κ3) is 1.07. The molecule has 1 N–H and O–H groups in total. The van der Waals surface area contributed by atoms with E-state index in [9.17, 15) is 4.79 Å². The van der Waals surface area contributed by atoms with E-state index in [1.807, 2.05) is 6.20 Å². The first kappa shape index (κ1) is 9.51. The van der Waals surface area contributed by atoms with Crippen LogP contribution in [0.3, 0.4) is 0 Å². The summed E-state index contributed by atoms with van der Waals surface area (Å²) >= 11 is 0. The molecule has 0 fully saturated rings. The molecule has 2 aliphatic rings. The molecule has 82 valence electrons. The normalized spacial score (nSPS) is 21.6. The molecule has 3 rings (SSSR count). The highest BCUT2D eigenvalue weighted by atomic mass is 16.1. The summed E-state index contributed by atoms with van der Waals surface area (Å²) in [7, 11) is 3.77. The number of aromatic amines is 1. The Morgan fingerprint density at radius 1 is 1.50 bits per heavy atom. The Hall–Kier alpha value is -1.71. The Morgan fingerprint density at radius 2 is 2.31 bits per heavy atom. The molecule has 0 atom stereocenters. The smallest absolute Gasteiger partial charge is 0.224 e. The lowest BCUT2D eigenvalue weighted by molar-refractivity contribution is -0.498. The van der Waals surface area contributed by atoms with Crippen LogP contribution in [0.15, 0.2) is 11.2 Å². The average Bonchev–Trinajstić information content (AvgIpc) is 2.71. The Labute approximate surface area is 93.7 Å². The van der Waals surface area contributed by atoms with Crippen LogP contribution in [0, 0.1) is 0 Å². The van der Waals surface area contributed by atoms with Crippen LogP contribution in [0.1, 0.15) is 28.0 Å². The van der Waals surface area contributed by atoms with Crippen LogP contribution in [-0.4, -0.2) is 47.4 Å². The van der Waals surface area contributed by atoms with E-state index in [0.717, 1.165) is 24.2 Å². The molecule has 16 heavy (non-hydrogen) atoms. The number of Topliss-reactive ketones (excluding diaryl/α,β-unsaturated/α-hetero) is 1. The topological polar surface area (TPSA) is 48.2 Å². The van der Waals surface area contributed by atoms with Gasteiger partial charge in [-0.25, -0.2) is 4.58 Å². The van der Waals surface area contributed by atoms with Gasteiger partial charge >= 0.3 is 0 Å². The molecule has 0 aromatic carbocycles. The maximum absolute atomic E-state index is 12.1. The van der Waals surface area contributed by atoms with Crippen molar-refractivity contribution in [3.63, 3.8) is 0 Å². The number of ketones is 1. The van der Waals surface area contributed by atoms with Crippen molar-refractivity contribution in [2.24, 2.45) is 4.99 Å². The van der Waals surface area contributed by atoms with Gasteiger partial charge < -0.3 is 4.98 Å². The second-order valence-corrected chi connectivity index (χ2v) is 4.36. The maximum Gasteiger partial charge on any atom is 0.224 e. The minimum absolute atomic E-state index is 0.0581. The molecule has 1 aromatic heterocycles. The number of aromatic nitrogens is 1. The summed E-state index contributed by atoms with van der Waals surface area (Å²) in [5.74, 6) is 0.0581. The van der Waals surface area contributed by atoms with E-state index in [-0.39, 0.29) is 5.78 Å². The number of aliphatic imine (C=N–C) groups is 1. The van der Waals surface area contributed by atoms with Gasteiger partial charge in [-0.3, -0.25) is 9.79 Å². The minimum atomic E-state index is 0.0581. The number of H-pyrrole nitrogens is 1. The zero-order chi connectivity index (χ0) is 11.3. The van der Waals surface area contributed by atoms with E-state index >= 15 is 0 Å². The third-order valence-electron chi connectivity index (χ3n) is 3.52. The lowest BCUT2D eigenvalue weighted by Crippen LogP contribution is -2.36. The molecule has 0 unspecified atom stereocenters. The lowest BCUT2D eigenvalue weighted by Gasteiger charge is -2.18. The predicted molar refractivity (Wildman–Crippen MR) is 62.0 cm³/mol. The molecule has 1 aliphatic heterocycles. The fraction of sp³-hybridized carbons (Fsp3) is 0.417. The Balaban J connectivity index is 2.30. The van der Waals surface area contributed by atoms with Gasteiger partial charge in [0.05, 0.1) is 17.7 Å². The summed E-state index contributed by atoms with van der Waals surface area (Å²) in [6.07, 6.45) is 3.65. The van der Waals surface area contributed by atoms with Crippen molar-refractivity contribution >= 4 is 17.2 Å². The number of hydrogen-bond donors (Lipinski definition) is 1. The van der Waals surface area contributed by atoms with E-state index in [1.165, 1.54) is 11.3 Å².